The highest BCUT2D eigenvalue weighted by Gasteiger charge is 2.22. The number of hydrogen-bond donors (Lipinski definition) is 4. The summed E-state index contributed by atoms with van der Waals surface area (Å²) in [5.41, 5.74) is 14.9. The predicted molar refractivity (Wildman–Crippen MR) is 214 cm³/mol. The standard InChI is InChI=1S/C39H51N11O6/c1-8-23(3)17-32(51)47(6)13-12-16-56-31-22-26(36(41)53)20-28-34(31)48(38(42-5)43-28)14-10-11-15-49-33-27(19-25(35(40)52)21-30(33)55-7)44-39(49)45-37(54)29-18-24(4)46-50(29)9-2/h10-11,18-23H,8-9,12-17H2,1-7H3,(H2,40,52)(H2,41,53)(H,42,43)(H,44,45,54)/b11-10+/t23-/m0/s1. The van der Waals surface area contributed by atoms with E-state index in [0.29, 0.717) is 89.3 Å². The van der Waals surface area contributed by atoms with Crippen molar-refractivity contribution in [3.63, 3.8) is 0 Å². The molecule has 0 saturated carbocycles. The van der Waals surface area contributed by atoms with Gasteiger partial charge >= 0.3 is 0 Å². The third-order valence-corrected chi connectivity index (χ3v) is 9.57. The number of anilines is 2. The molecule has 56 heavy (non-hydrogen) atoms. The minimum Gasteiger partial charge on any atom is -0.494 e. The maximum atomic E-state index is 13.5. The lowest BCUT2D eigenvalue weighted by Gasteiger charge is -2.19. The largest absolute Gasteiger partial charge is 0.494 e. The lowest BCUT2D eigenvalue weighted by molar-refractivity contribution is -0.130. The maximum Gasteiger partial charge on any atom is 0.276 e. The molecule has 5 aromatic rings. The molecule has 0 bridgehead atoms. The summed E-state index contributed by atoms with van der Waals surface area (Å²) in [6.07, 6.45) is 5.82. The fraction of sp³-hybridized carbons (Fsp3) is 0.410. The van der Waals surface area contributed by atoms with Crippen molar-refractivity contribution in [1.29, 1.82) is 0 Å². The topological polar surface area (TPSA) is 220 Å². The van der Waals surface area contributed by atoms with E-state index in [2.05, 4.69) is 34.6 Å². The van der Waals surface area contributed by atoms with Gasteiger partial charge in [-0.15, -0.1) is 0 Å². The van der Waals surface area contributed by atoms with Gasteiger partial charge < -0.3 is 40.3 Å². The Morgan fingerprint density at radius 1 is 0.911 bits per heavy atom. The minimum absolute atomic E-state index is 0.0899. The smallest absolute Gasteiger partial charge is 0.276 e. The van der Waals surface area contributed by atoms with E-state index >= 15 is 0 Å². The fourth-order valence-electron chi connectivity index (χ4n) is 6.35. The van der Waals surface area contributed by atoms with Crippen molar-refractivity contribution in [2.45, 2.75) is 66.6 Å². The van der Waals surface area contributed by atoms with Gasteiger partial charge in [0.2, 0.25) is 29.6 Å². The average Bonchev–Trinajstić information content (AvgIpc) is 3.86. The third-order valence-electron chi connectivity index (χ3n) is 9.57. The van der Waals surface area contributed by atoms with Crippen LogP contribution in [0.5, 0.6) is 11.5 Å². The Balaban J connectivity index is 1.44. The van der Waals surface area contributed by atoms with Crippen LogP contribution in [0.15, 0.2) is 42.5 Å². The average molecular weight is 770 g/mol. The molecule has 6 N–H and O–H groups in total. The highest BCUT2D eigenvalue weighted by atomic mass is 16.5. The molecule has 0 saturated heterocycles. The van der Waals surface area contributed by atoms with Gasteiger partial charge in [0.05, 0.1) is 30.4 Å². The Kier molecular flexibility index (Phi) is 13.0. The molecule has 1 atom stereocenters. The minimum atomic E-state index is -0.647. The van der Waals surface area contributed by atoms with Crippen molar-refractivity contribution < 1.29 is 28.7 Å². The number of nitrogens with zero attached hydrogens (tertiary/aromatic N) is 7. The number of allylic oxidation sites excluding steroid dienone is 2. The Morgan fingerprint density at radius 2 is 1.50 bits per heavy atom. The second-order valence-corrected chi connectivity index (χ2v) is 13.6. The third kappa shape index (κ3) is 8.93. The van der Waals surface area contributed by atoms with E-state index in [4.69, 9.17) is 25.9 Å². The van der Waals surface area contributed by atoms with Gasteiger partial charge in [-0.25, -0.2) is 9.97 Å². The quantitative estimate of drug-likeness (QED) is 0.0688. The van der Waals surface area contributed by atoms with Crippen LogP contribution in [0.4, 0.5) is 11.9 Å². The summed E-state index contributed by atoms with van der Waals surface area (Å²) in [7, 11) is 5.01. The van der Waals surface area contributed by atoms with Gasteiger partial charge in [-0.3, -0.25) is 29.2 Å². The molecule has 3 aromatic heterocycles. The first kappa shape index (κ1) is 40.8. The molecule has 0 unspecified atom stereocenters. The van der Waals surface area contributed by atoms with Gasteiger partial charge in [0.25, 0.3) is 5.91 Å². The van der Waals surface area contributed by atoms with E-state index in [1.54, 1.807) is 52.5 Å². The zero-order valence-corrected chi connectivity index (χ0v) is 33.0. The number of aryl methyl sites for hydroxylation is 2. The Bertz CT molecular complexity index is 2290. The van der Waals surface area contributed by atoms with Crippen LogP contribution in [0.25, 0.3) is 22.1 Å². The lowest BCUT2D eigenvalue weighted by Crippen LogP contribution is -2.29. The lowest BCUT2D eigenvalue weighted by atomic mass is 10.0. The van der Waals surface area contributed by atoms with Crippen LogP contribution in [0.3, 0.4) is 0 Å². The van der Waals surface area contributed by atoms with Crippen molar-refractivity contribution in [2.75, 3.05) is 45.0 Å². The summed E-state index contributed by atoms with van der Waals surface area (Å²) >= 11 is 0. The van der Waals surface area contributed by atoms with Gasteiger partial charge in [0, 0.05) is 57.8 Å². The maximum absolute atomic E-state index is 13.5. The predicted octanol–water partition coefficient (Wildman–Crippen LogP) is 4.33. The summed E-state index contributed by atoms with van der Waals surface area (Å²) in [6, 6.07) is 8.02. The number of amides is 4. The highest BCUT2D eigenvalue weighted by Crippen LogP contribution is 2.33. The number of nitrogens with one attached hydrogen (secondary N) is 2. The van der Waals surface area contributed by atoms with Crippen molar-refractivity contribution in [1.82, 2.24) is 33.8 Å². The van der Waals surface area contributed by atoms with E-state index in [1.165, 1.54) is 13.2 Å². The highest BCUT2D eigenvalue weighted by molar-refractivity contribution is 6.04. The SMILES string of the molecule is CC[C@H](C)CC(=O)N(C)CCCOc1cc(C(N)=O)cc2nc(NC)n(C/C=C/Cn3c(NC(=O)c4cc(C)nn4CC)nc4cc(C(N)=O)cc(OC)c43)c12. The Hall–Kier alpha value is -6.39. The number of ether oxygens (including phenoxy) is 2. The normalized spacial score (nSPS) is 12.0. The summed E-state index contributed by atoms with van der Waals surface area (Å²) in [5.74, 6) is 0.261. The number of benzene rings is 2. The van der Waals surface area contributed by atoms with E-state index in [-0.39, 0.29) is 36.1 Å². The first-order valence-corrected chi connectivity index (χ1v) is 18.6. The molecule has 17 nitrogen and oxygen atoms in total. The van der Waals surface area contributed by atoms with Crippen LogP contribution in [0.1, 0.15) is 76.9 Å². The molecular weight excluding hydrogens is 718 g/mol. The zero-order valence-electron chi connectivity index (χ0n) is 33.0. The zero-order chi connectivity index (χ0) is 40.7. The molecule has 17 heteroatoms. The van der Waals surface area contributed by atoms with Gasteiger partial charge in [-0.2, -0.15) is 5.10 Å². The van der Waals surface area contributed by atoms with E-state index in [1.807, 2.05) is 30.6 Å². The summed E-state index contributed by atoms with van der Waals surface area (Å²) in [6.45, 7) is 9.71. The van der Waals surface area contributed by atoms with Crippen LogP contribution in [0.2, 0.25) is 0 Å². The summed E-state index contributed by atoms with van der Waals surface area (Å²) in [4.78, 5) is 61.6. The number of carbonyl (C=O) groups is 4. The van der Waals surface area contributed by atoms with Crippen LogP contribution >= 0.6 is 0 Å². The molecule has 0 aliphatic carbocycles. The second kappa shape index (κ2) is 17.8. The number of aromatic nitrogens is 6. The number of nitrogens with two attached hydrogens (primary N) is 2. The van der Waals surface area contributed by atoms with Gasteiger partial charge in [-0.05, 0) is 56.5 Å². The number of carbonyl (C=O) groups excluding carboxylic acids is 4. The van der Waals surface area contributed by atoms with Crippen LogP contribution < -0.4 is 31.6 Å². The number of fused-ring (bicyclic) bond motifs is 2. The van der Waals surface area contributed by atoms with Crippen molar-refractivity contribution in [3.8, 4) is 11.5 Å². The molecule has 0 aliphatic heterocycles. The molecule has 0 radical (unpaired) electrons. The second-order valence-electron chi connectivity index (χ2n) is 13.6. The molecule has 4 amide bonds. The first-order valence-electron chi connectivity index (χ1n) is 18.6. The molecule has 0 aliphatic rings. The van der Waals surface area contributed by atoms with Gasteiger partial charge in [0.1, 0.15) is 28.2 Å². The number of methoxy groups -OCH3 is 1. The summed E-state index contributed by atoms with van der Waals surface area (Å²) in [5, 5.41) is 10.4. The van der Waals surface area contributed by atoms with Crippen molar-refractivity contribution >= 4 is 57.6 Å². The number of rotatable bonds is 19. The number of primary amides is 2. The Morgan fingerprint density at radius 3 is 2.07 bits per heavy atom. The molecule has 5 rings (SSSR count). The molecule has 3 heterocycles. The number of imidazole rings is 2. The van der Waals surface area contributed by atoms with Gasteiger partial charge in [-0.1, -0.05) is 32.4 Å². The summed E-state index contributed by atoms with van der Waals surface area (Å²) < 4.78 is 17.2. The van der Waals surface area contributed by atoms with Crippen molar-refractivity contribution in [3.05, 3.63) is 65.0 Å². The molecule has 0 spiro atoms. The van der Waals surface area contributed by atoms with Crippen LogP contribution in [-0.2, 0) is 24.4 Å². The van der Waals surface area contributed by atoms with E-state index in [9.17, 15) is 19.2 Å². The first-order chi connectivity index (χ1) is 26.8. The van der Waals surface area contributed by atoms with Crippen molar-refractivity contribution in [2.24, 2.45) is 17.4 Å². The fourth-order valence-corrected chi connectivity index (χ4v) is 6.35. The van der Waals surface area contributed by atoms with E-state index in [0.717, 1.165) is 6.42 Å². The number of hydrogen-bond acceptors (Lipinski definition) is 10. The monoisotopic (exact) mass is 769 g/mol. The van der Waals surface area contributed by atoms with Gasteiger partial charge in [0.15, 0.2) is 0 Å². The van der Waals surface area contributed by atoms with Crippen LogP contribution in [-0.4, -0.2) is 91.8 Å². The molecule has 2 aromatic carbocycles. The molecule has 0 fully saturated rings. The Labute approximate surface area is 325 Å². The van der Waals surface area contributed by atoms with E-state index < -0.39 is 17.7 Å². The molecular formula is C39H51N11O6. The molecule has 298 valence electrons. The van der Waals surface area contributed by atoms with Crippen LogP contribution in [0, 0.1) is 12.8 Å².